The number of hydrazone groups is 1. The van der Waals surface area contributed by atoms with Crippen molar-refractivity contribution in [2.24, 2.45) is 5.10 Å². The Balaban J connectivity index is 2.03. The summed E-state index contributed by atoms with van der Waals surface area (Å²) in [5.74, 6) is -0.260. The summed E-state index contributed by atoms with van der Waals surface area (Å²) < 4.78 is 5.95. The molecule has 4 nitrogen and oxygen atoms in total. The number of anilines is 1. The van der Waals surface area contributed by atoms with Crippen LogP contribution in [0.2, 0.25) is 0 Å². The molecule has 0 aliphatic carbocycles. The lowest BCUT2D eigenvalue weighted by atomic mass is 10.00. The quantitative estimate of drug-likeness (QED) is 0.764. The van der Waals surface area contributed by atoms with E-state index in [2.05, 4.69) is 15.9 Å². The van der Waals surface area contributed by atoms with Crippen LogP contribution in [0.5, 0.6) is 0 Å². The number of carbonyl (C=O) groups excluding carboxylic acids is 1. The van der Waals surface area contributed by atoms with Gasteiger partial charge in [0.1, 0.15) is 0 Å². The van der Waals surface area contributed by atoms with Crippen molar-refractivity contribution in [3.05, 3.63) is 64.6 Å². The Hall–Kier alpha value is -2.14. The lowest BCUT2D eigenvalue weighted by Gasteiger charge is -2.32. The third-order valence-corrected chi connectivity index (χ3v) is 4.55. The molecule has 1 unspecified atom stereocenters. The molecule has 0 amide bonds. The maximum absolute atomic E-state index is 12.1. The van der Waals surface area contributed by atoms with Gasteiger partial charge in [-0.2, -0.15) is 5.10 Å². The van der Waals surface area contributed by atoms with Crippen molar-refractivity contribution < 1.29 is 9.53 Å². The maximum Gasteiger partial charge on any atom is 0.330 e. The zero-order chi connectivity index (χ0) is 16.2. The van der Waals surface area contributed by atoms with Crippen LogP contribution < -0.4 is 5.01 Å². The van der Waals surface area contributed by atoms with Gasteiger partial charge < -0.3 is 4.74 Å². The predicted octanol–water partition coefficient (Wildman–Crippen LogP) is 4.00. The largest absolute Gasteiger partial charge is 0.467 e. The summed E-state index contributed by atoms with van der Waals surface area (Å²) in [6, 6.07) is 17.3. The summed E-state index contributed by atoms with van der Waals surface area (Å²) in [5.41, 5.74) is 2.89. The number of ether oxygens (including phenoxy) is 1. The number of carbonyl (C=O) groups is 1. The highest BCUT2D eigenvalue weighted by Crippen LogP contribution is 2.28. The molecular formula is C18H17BrN2O2. The van der Waals surface area contributed by atoms with Crippen molar-refractivity contribution in [2.45, 2.75) is 18.9 Å². The van der Waals surface area contributed by atoms with Gasteiger partial charge in [0, 0.05) is 10.0 Å². The highest BCUT2D eigenvalue weighted by molar-refractivity contribution is 9.10. The molecule has 0 saturated carbocycles. The van der Waals surface area contributed by atoms with Crippen LogP contribution in [0.25, 0.3) is 0 Å². The van der Waals surface area contributed by atoms with Gasteiger partial charge in [-0.05, 0) is 31.0 Å². The number of nitrogens with zero attached hydrogens (tertiary/aromatic N) is 2. The van der Waals surface area contributed by atoms with E-state index in [0.717, 1.165) is 27.9 Å². The summed E-state index contributed by atoms with van der Waals surface area (Å²) in [6.07, 6.45) is 1.40. The summed E-state index contributed by atoms with van der Waals surface area (Å²) >= 11 is 3.57. The lowest BCUT2D eigenvalue weighted by molar-refractivity contribution is -0.142. The van der Waals surface area contributed by atoms with E-state index in [-0.39, 0.29) is 5.97 Å². The Bertz CT molecular complexity index is 731. The number of esters is 1. The lowest BCUT2D eigenvalue weighted by Crippen LogP contribution is -2.42. The van der Waals surface area contributed by atoms with E-state index in [1.807, 2.05) is 54.6 Å². The maximum atomic E-state index is 12.1. The molecule has 3 rings (SSSR count). The summed E-state index contributed by atoms with van der Waals surface area (Å²) in [6.45, 7) is 0. The smallest absolute Gasteiger partial charge is 0.330 e. The van der Waals surface area contributed by atoms with Crippen LogP contribution in [0.4, 0.5) is 5.69 Å². The first kappa shape index (κ1) is 15.7. The van der Waals surface area contributed by atoms with Gasteiger partial charge in [0.25, 0.3) is 0 Å². The van der Waals surface area contributed by atoms with Crippen LogP contribution in [0.15, 0.2) is 64.2 Å². The fourth-order valence-electron chi connectivity index (χ4n) is 2.70. The summed E-state index contributed by atoms with van der Waals surface area (Å²) in [5, 5.41) is 6.52. The second kappa shape index (κ2) is 6.96. The van der Waals surface area contributed by atoms with Gasteiger partial charge in [-0.3, -0.25) is 5.01 Å². The molecule has 5 heteroatoms. The van der Waals surface area contributed by atoms with Gasteiger partial charge in [-0.1, -0.05) is 52.3 Å². The van der Waals surface area contributed by atoms with Crippen LogP contribution in [-0.2, 0) is 9.53 Å². The van der Waals surface area contributed by atoms with Crippen molar-refractivity contribution in [3.63, 3.8) is 0 Å². The van der Waals surface area contributed by atoms with Gasteiger partial charge in [0.15, 0.2) is 6.04 Å². The summed E-state index contributed by atoms with van der Waals surface area (Å²) in [7, 11) is 1.42. The van der Waals surface area contributed by atoms with Gasteiger partial charge in [0.2, 0.25) is 0 Å². The molecule has 0 saturated heterocycles. The first-order valence-corrected chi connectivity index (χ1v) is 8.24. The minimum Gasteiger partial charge on any atom is -0.467 e. The van der Waals surface area contributed by atoms with Crippen molar-refractivity contribution in [3.8, 4) is 0 Å². The van der Waals surface area contributed by atoms with E-state index >= 15 is 0 Å². The number of hydrogen-bond donors (Lipinski definition) is 0. The van der Waals surface area contributed by atoms with Gasteiger partial charge in [-0.15, -0.1) is 0 Å². The molecule has 0 N–H and O–H groups in total. The first-order chi connectivity index (χ1) is 11.2. The molecule has 0 fully saturated rings. The van der Waals surface area contributed by atoms with E-state index in [0.29, 0.717) is 6.42 Å². The highest BCUT2D eigenvalue weighted by atomic mass is 79.9. The Morgan fingerprint density at radius 3 is 2.57 bits per heavy atom. The van der Waals surface area contributed by atoms with E-state index in [4.69, 9.17) is 9.84 Å². The molecule has 0 spiro atoms. The van der Waals surface area contributed by atoms with E-state index in [1.165, 1.54) is 7.11 Å². The monoisotopic (exact) mass is 372 g/mol. The van der Waals surface area contributed by atoms with Gasteiger partial charge in [0.05, 0.1) is 18.5 Å². The van der Waals surface area contributed by atoms with Crippen LogP contribution in [0.3, 0.4) is 0 Å². The molecule has 0 bridgehead atoms. The Kier molecular flexibility index (Phi) is 4.76. The minimum absolute atomic E-state index is 0.260. The first-order valence-electron chi connectivity index (χ1n) is 7.45. The average Bonchev–Trinajstić information content (AvgIpc) is 2.62. The molecule has 118 valence electrons. The van der Waals surface area contributed by atoms with E-state index in [1.54, 1.807) is 5.01 Å². The molecule has 1 aliphatic rings. The molecule has 1 heterocycles. The van der Waals surface area contributed by atoms with E-state index < -0.39 is 6.04 Å². The summed E-state index contributed by atoms with van der Waals surface area (Å²) in [4.78, 5) is 12.1. The second-order valence-corrected chi connectivity index (χ2v) is 6.14. The Morgan fingerprint density at radius 2 is 1.87 bits per heavy atom. The number of methoxy groups -OCH3 is 1. The predicted molar refractivity (Wildman–Crippen MR) is 94.6 cm³/mol. The van der Waals surface area contributed by atoms with Crippen LogP contribution in [0, 0.1) is 0 Å². The molecule has 23 heavy (non-hydrogen) atoms. The Morgan fingerprint density at radius 1 is 1.17 bits per heavy atom. The molecular weight excluding hydrogens is 356 g/mol. The average molecular weight is 373 g/mol. The second-order valence-electron chi connectivity index (χ2n) is 5.28. The van der Waals surface area contributed by atoms with Gasteiger partial charge in [-0.25, -0.2) is 4.79 Å². The SMILES string of the molecule is COC(=O)C1CCC(c2ccccc2Br)=NN1c1ccccc1. The normalized spacial score (nSPS) is 17.6. The third kappa shape index (κ3) is 3.29. The molecule has 1 atom stereocenters. The number of para-hydroxylation sites is 1. The molecule has 2 aromatic carbocycles. The topological polar surface area (TPSA) is 41.9 Å². The number of rotatable bonds is 3. The molecule has 2 aromatic rings. The molecule has 1 aliphatic heterocycles. The number of benzene rings is 2. The van der Waals surface area contributed by atoms with Crippen LogP contribution >= 0.6 is 15.9 Å². The number of hydrogen-bond acceptors (Lipinski definition) is 4. The zero-order valence-corrected chi connectivity index (χ0v) is 14.4. The van der Waals surface area contributed by atoms with Crippen molar-refractivity contribution in [1.29, 1.82) is 0 Å². The van der Waals surface area contributed by atoms with E-state index in [9.17, 15) is 4.79 Å². The van der Waals surface area contributed by atoms with Crippen LogP contribution in [-0.4, -0.2) is 24.8 Å². The fraction of sp³-hybridized carbons (Fsp3) is 0.222. The van der Waals surface area contributed by atoms with Crippen LogP contribution in [0.1, 0.15) is 18.4 Å². The van der Waals surface area contributed by atoms with Crippen molar-refractivity contribution >= 4 is 33.3 Å². The Labute approximate surface area is 143 Å². The highest BCUT2D eigenvalue weighted by Gasteiger charge is 2.32. The van der Waals surface area contributed by atoms with Crippen molar-refractivity contribution in [1.82, 2.24) is 0 Å². The fourth-order valence-corrected chi connectivity index (χ4v) is 3.22. The van der Waals surface area contributed by atoms with Crippen molar-refractivity contribution in [2.75, 3.05) is 12.1 Å². The minimum atomic E-state index is -0.395. The third-order valence-electron chi connectivity index (χ3n) is 3.86. The molecule has 0 aromatic heterocycles. The standard InChI is InChI=1S/C18H17BrN2O2/c1-23-18(22)17-12-11-16(14-9-5-6-10-15(14)19)20-21(17)13-7-3-2-4-8-13/h2-10,17H,11-12H2,1H3. The van der Waals surface area contributed by atoms with Gasteiger partial charge >= 0.3 is 5.97 Å². The molecule has 0 radical (unpaired) electrons. The number of halogens is 1. The zero-order valence-electron chi connectivity index (χ0n) is 12.8.